The monoisotopic (exact) mass is 834 g/mol. The summed E-state index contributed by atoms with van der Waals surface area (Å²) < 4.78 is 22.0. The second-order valence-corrected chi connectivity index (χ2v) is 12.0. The van der Waals surface area contributed by atoms with Crippen molar-refractivity contribution in [2.24, 2.45) is 21.5 Å². The molecule has 0 aliphatic carbocycles. The molecule has 8 N–H and O–H groups in total. The van der Waals surface area contributed by atoms with E-state index < -0.39 is 21.6 Å². The highest BCUT2D eigenvalue weighted by Gasteiger charge is 2.13. The highest BCUT2D eigenvalue weighted by atomic mass is 32.1. The van der Waals surface area contributed by atoms with Gasteiger partial charge >= 0.3 is 10.5 Å². The molecule has 56 heavy (non-hydrogen) atoms. The maximum atomic E-state index is 11.8. The van der Waals surface area contributed by atoms with Gasteiger partial charge in [0.15, 0.2) is 32.5 Å². The van der Waals surface area contributed by atoms with Crippen LogP contribution in [0.3, 0.4) is 0 Å². The minimum absolute atomic E-state index is 0.0636. The minimum Gasteiger partial charge on any atom is -0.493 e. The molecule has 18 nitrogen and oxygen atoms in total. The van der Waals surface area contributed by atoms with Crippen molar-refractivity contribution in [2.45, 2.75) is 0 Å². The number of rotatable bonds is 12. The Labute approximate surface area is 338 Å². The zero-order chi connectivity index (χ0) is 41.4. The molecule has 2 amide bonds. The molecule has 0 aliphatic rings. The second-order valence-electron chi connectivity index (χ2n) is 10.4. The van der Waals surface area contributed by atoms with E-state index in [1.54, 1.807) is 48.6 Å². The van der Waals surface area contributed by atoms with Crippen molar-refractivity contribution in [1.82, 2.24) is 19.9 Å². The van der Waals surface area contributed by atoms with Gasteiger partial charge in [0.25, 0.3) is 11.1 Å². The maximum absolute atomic E-state index is 11.8. The summed E-state index contributed by atoms with van der Waals surface area (Å²) in [4.78, 5) is 62.5. The molecular weight excluding hydrogens is 805 g/mol. The van der Waals surface area contributed by atoms with Crippen LogP contribution < -0.4 is 41.5 Å². The van der Waals surface area contributed by atoms with Gasteiger partial charge in [0.05, 0.1) is 25.6 Å². The maximum Gasteiger partial charge on any atom is 0.303 e. The Hall–Kier alpha value is -6.72. The molecule has 0 radical (unpaired) electrons. The van der Waals surface area contributed by atoms with Crippen LogP contribution in [0.25, 0.3) is 24.3 Å². The fourth-order valence-electron chi connectivity index (χ4n) is 4.39. The standard InChI is InChI=1S/2C17H15N5O4S2/c2*1-25-12-4-2-3-9(14(12)26-8-13(19)21-17(24)28)5-6-11-10(7-18)15(23)22-16(27)20-11/h2*2-6H,8H2,1H3,(H3,19,21,24,28)(H2,20,22,23,27)/b2*6-5+. The van der Waals surface area contributed by atoms with E-state index in [1.807, 2.05) is 12.1 Å². The highest BCUT2D eigenvalue weighted by molar-refractivity contribution is 7.96. The van der Waals surface area contributed by atoms with Crippen LogP contribution in [0.15, 0.2) is 56.0 Å². The van der Waals surface area contributed by atoms with Crippen LogP contribution in [0.1, 0.15) is 33.6 Å². The van der Waals surface area contributed by atoms with Crippen molar-refractivity contribution >= 4 is 96.1 Å². The lowest BCUT2D eigenvalue weighted by molar-refractivity contribution is 0.266. The van der Waals surface area contributed by atoms with E-state index in [-0.39, 0.29) is 56.9 Å². The number of carbonyl (C=O) groups excluding carboxylic acids is 2. The number of nitriles is 2. The summed E-state index contributed by atoms with van der Waals surface area (Å²) in [7, 11) is 2.93. The summed E-state index contributed by atoms with van der Waals surface area (Å²) >= 11 is 16.9. The zero-order valence-corrected chi connectivity index (χ0v) is 32.5. The van der Waals surface area contributed by atoms with Crippen LogP contribution in [0.5, 0.6) is 23.0 Å². The van der Waals surface area contributed by atoms with E-state index >= 15 is 0 Å². The molecule has 2 aromatic carbocycles. The average molecular weight is 835 g/mol. The van der Waals surface area contributed by atoms with Crippen LogP contribution in [-0.4, -0.2) is 69.5 Å². The Morgan fingerprint density at radius 1 is 0.714 bits per heavy atom. The summed E-state index contributed by atoms with van der Waals surface area (Å²) in [6.07, 6.45) is 6.24. The van der Waals surface area contributed by atoms with E-state index in [9.17, 15) is 29.7 Å². The number of ether oxygens (including phenoxy) is 4. The van der Waals surface area contributed by atoms with E-state index in [4.69, 9.17) is 54.9 Å². The Morgan fingerprint density at radius 3 is 1.41 bits per heavy atom. The van der Waals surface area contributed by atoms with Crippen LogP contribution in [-0.2, 0) is 0 Å². The second kappa shape index (κ2) is 21.2. The molecule has 0 bridgehead atoms. The number of benzene rings is 2. The van der Waals surface area contributed by atoms with Crippen LogP contribution in [0.4, 0.5) is 9.59 Å². The summed E-state index contributed by atoms with van der Waals surface area (Å²) in [6.45, 7) is -0.352. The quantitative estimate of drug-likeness (QED) is 0.0421. The molecule has 0 fully saturated rings. The Kier molecular flexibility index (Phi) is 16.6. The van der Waals surface area contributed by atoms with Crippen LogP contribution >= 0.6 is 49.7 Å². The lowest BCUT2D eigenvalue weighted by Gasteiger charge is -2.13. The SMILES string of the molecule is COc1cccc(/C=C/c2[nH]c(=S)[nH]c(=O)c2C#N)c1OC/C(N)=N/C(=O)S.COc1cccc(/C=C/c2[nH]c(=S)[nH]c(=O)c2C#N)c1OC/C(N)=N/C(=O)S. The molecule has 0 aliphatic heterocycles. The Bertz CT molecular complexity index is 2400. The molecule has 4 aromatic rings. The van der Waals surface area contributed by atoms with Crippen LogP contribution in [0, 0.1) is 32.2 Å². The van der Waals surface area contributed by atoms with Gasteiger partial charge in [-0.2, -0.15) is 20.5 Å². The number of amidine groups is 2. The number of nitrogens with one attached hydrogen (secondary N) is 4. The number of nitrogens with two attached hydrogens (primary N) is 2. The highest BCUT2D eigenvalue weighted by Crippen LogP contribution is 2.33. The summed E-state index contributed by atoms with van der Waals surface area (Å²) in [5.41, 5.74) is 11.4. The number of aromatic nitrogens is 4. The number of nitrogens with zero attached hydrogens (tertiary/aromatic N) is 4. The number of aliphatic imine (C=N–C) groups is 2. The summed E-state index contributed by atoms with van der Waals surface area (Å²) in [6, 6.07) is 13.9. The molecule has 0 saturated heterocycles. The fourth-order valence-corrected chi connectivity index (χ4v) is 5.05. The average Bonchev–Trinajstić information content (AvgIpc) is 3.14. The van der Waals surface area contributed by atoms with Crippen molar-refractivity contribution in [3.05, 3.63) is 100 Å². The number of hydrogen-bond donors (Lipinski definition) is 8. The molecule has 0 saturated carbocycles. The Morgan fingerprint density at radius 2 is 1.09 bits per heavy atom. The topological polar surface area (TPSA) is 293 Å². The van der Waals surface area contributed by atoms with E-state index in [0.717, 1.165) is 0 Å². The lowest BCUT2D eigenvalue weighted by atomic mass is 10.1. The molecule has 288 valence electrons. The summed E-state index contributed by atoms with van der Waals surface area (Å²) in [5.74, 6) is 1.34. The number of H-pyrrole nitrogens is 4. The minimum atomic E-state index is -0.741. The van der Waals surface area contributed by atoms with Gasteiger partial charge in [-0.15, -0.1) is 0 Å². The van der Waals surface area contributed by atoms with Crippen molar-refractivity contribution in [2.75, 3.05) is 27.4 Å². The smallest absolute Gasteiger partial charge is 0.303 e. The van der Waals surface area contributed by atoms with Gasteiger partial charge in [-0.05, 0) is 60.9 Å². The number of amides is 2. The first kappa shape index (κ1) is 43.7. The first-order valence-electron chi connectivity index (χ1n) is 15.3. The normalized spacial score (nSPS) is 11.2. The van der Waals surface area contributed by atoms with Gasteiger partial charge in [-0.25, -0.2) is 0 Å². The van der Waals surface area contributed by atoms with Crippen molar-refractivity contribution in [1.29, 1.82) is 10.5 Å². The molecular formula is C34H30N10O8S4. The van der Waals surface area contributed by atoms with Gasteiger partial charge in [0, 0.05) is 11.1 Å². The van der Waals surface area contributed by atoms with Crippen molar-refractivity contribution in [3.8, 4) is 35.1 Å². The number of aromatic amines is 4. The van der Waals surface area contributed by atoms with E-state index in [0.29, 0.717) is 34.1 Å². The van der Waals surface area contributed by atoms with Gasteiger partial charge in [0.1, 0.15) is 48.2 Å². The molecule has 0 atom stereocenters. The largest absolute Gasteiger partial charge is 0.493 e. The van der Waals surface area contributed by atoms with Gasteiger partial charge in [-0.3, -0.25) is 29.1 Å². The first-order valence-corrected chi connectivity index (χ1v) is 17.0. The van der Waals surface area contributed by atoms with Crippen LogP contribution in [0.2, 0.25) is 0 Å². The first-order chi connectivity index (χ1) is 26.7. The lowest BCUT2D eigenvalue weighted by Crippen LogP contribution is -2.22. The van der Waals surface area contributed by atoms with Crippen molar-refractivity contribution in [3.63, 3.8) is 0 Å². The third kappa shape index (κ3) is 12.7. The van der Waals surface area contributed by atoms with Gasteiger partial charge < -0.3 is 40.4 Å². The van der Waals surface area contributed by atoms with Gasteiger partial charge in [-0.1, -0.05) is 49.5 Å². The third-order valence-corrected chi connectivity index (χ3v) is 7.30. The molecule has 4 rings (SSSR count). The predicted octanol–water partition coefficient (Wildman–Crippen LogP) is 4.54. The molecule has 2 heterocycles. The zero-order valence-electron chi connectivity index (χ0n) is 29.1. The number of hydrogen-bond acceptors (Lipinski definition) is 12. The number of carbonyl (C=O) groups is 2. The third-order valence-electron chi connectivity index (χ3n) is 6.69. The number of thiol groups is 2. The number of para-hydroxylation sites is 2. The molecule has 0 unspecified atom stereocenters. The molecule has 0 spiro atoms. The fraction of sp³-hybridized carbons (Fsp3) is 0.118. The molecule has 22 heteroatoms. The van der Waals surface area contributed by atoms with E-state index in [1.165, 1.54) is 26.4 Å². The van der Waals surface area contributed by atoms with Crippen molar-refractivity contribution < 1.29 is 28.5 Å². The molecule has 2 aromatic heterocycles. The van der Waals surface area contributed by atoms with E-state index in [2.05, 4.69) is 55.2 Å². The van der Waals surface area contributed by atoms with Gasteiger partial charge in [0.2, 0.25) is 0 Å². The summed E-state index contributed by atoms with van der Waals surface area (Å²) in [5, 5.41) is 16.9. The number of methoxy groups -OCH3 is 2. The Balaban J connectivity index is 0.000000300. The predicted molar refractivity (Wildman–Crippen MR) is 221 cm³/mol.